The Bertz CT molecular complexity index is 683. The van der Waals surface area contributed by atoms with Crippen LogP contribution in [0.15, 0.2) is 12.2 Å². The zero-order chi connectivity index (χ0) is 21.4. The van der Waals surface area contributed by atoms with Crippen molar-refractivity contribution in [3.63, 3.8) is 0 Å². The van der Waals surface area contributed by atoms with Crippen LogP contribution in [0.3, 0.4) is 0 Å². The highest BCUT2D eigenvalue weighted by atomic mass is 16.7. The third-order valence-corrected chi connectivity index (χ3v) is 7.55. The molecule has 0 N–H and O–H groups in total. The van der Waals surface area contributed by atoms with Gasteiger partial charge in [-0.2, -0.15) is 0 Å². The number of ketones is 1. The highest BCUT2D eigenvalue weighted by molar-refractivity contribution is 6.05. The molecule has 7 heteroatoms. The summed E-state index contributed by atoms with van der Waals surface area (Å²) in [6.45, 7) is 4.59. The number of esters is 2. The highest BCUT2D eigenvalue weighted by Gasteiger charge is 2.62. The Morgan fingerprint density at radius 1 is 1.14 bits per heavy atom. The zero-order valence-electron chi connectivity index (χ0n) is 17.9. The van der Waals surface area contributed by atoms with Crippen molar-refractivity contribution in [3.05, 3.63) is 12.2 Å². The summed E-state index contributed by atoms with van der Waals surface area (Å²) in [6, 6.07) is 0. The van der Waals surface area contributed by atoms with Crippen LogP contribution in [0.4, 0.5) is 0 Å². The minimum absolute atomic E-state index is 0.0580. The van der Waals surface area contributed by atoms with Crippen molar-refractivity contribution in [1.82, 2.24) is 0 Å². The van der Waals surface area contributed by atoms with Crippen LogP contribution in [-0.2, 0) is 33.3 Å². The Balaban J connectivity index is 1.93. The number of rotatable bonds is 5. The van der Waals surface area contributed by atoms with Gasteiger partial charge in [0.1, 0.15) is 12.6 Å². The maximum Gasteiger partial charge on any atom is 0.323 e. The van der Waals surface area contributed by atoms with Crippen molar-refractivity contribution in [2.24, 2.45) is 34.5 Å². The summed E-state index contributed by atoms with van der Waals surface area (Å²) in [5.41, 5.74) is -1.79. The molecule has 0 aromatic carbocycles. The normalized spacial score (nSPS) is 38.0. The van der Waals surface area contributed by atoms with Crippen LogP contribution in [0.5, 0.6) is 0 Å². The van der Waals surface area contributed by atoms with Gasteiger partial charge in [0.15, 0.2) is 5.41 Å². The summed E-state index contributed by atoms with van der Waals surface area (Å²) in [7, 11) is 4.08. The number of allylic oxidation sites excluding steroid dienone is 2. The molecule has 3 aliphatic rings. The van der Waals surface area contributed by atoms with Gasteiger partial charge in [0.2, 0.25) is 0 Å². The first-order valence-corrected chi connectivity index (χ1v) is 10.2. The van der Waals surface area contributed by atoms with Crippen molar-refractivity contribution >= 4 is 17.7 Å². The zero-order valence-corrected chi connectivity index (χ0v) is 17.9. The summed E-state index contributed by atoms with van der Waals surface area (Å²) in [5.74, 6) is -1.44. The summed E-state index contributed by atoms with van der Waals surface area (Å²) < 4.78 is 20.7. The first-order chi connectivity index (χ1) is 13.7. The van der Waals surface area contributed by atoms with E-state index in [0.717, 1.165) is 12.8 Å². The molecule has 3 rings (SSSR count). The van der Waals surface area contributed by atoms with Crippen molar-refractivity contribution in [1.29, 1.82) is 0 Å². The van der Waals surface area contributed by atoms with E-state index in [1.807, 2.05) is 6.08 Å². The molecule has 3 aliphatic carbocycles. The minimum Gasteiger partial charge on any atom is -0.468 e. The molecule has 0 spiro atoms. The van der Waals surface area contributed by atoms with Crippen molar-refractivity contribution < 1.29 is 33.3 Å². The van der Waals surface area contributed by atoms with Crippen LogP contribution in [0.2, 0.25) is 0 Å². The molecule has 2 saturated carbocycles. The first kappa shape index (κ1) is 22.0. The molecule has 0 radical (unpaired) electrons. The van der Waals surface area contributed by atoms with E-state index in [1.54, 1.807) is 7.11 Å². The number of Topliss-reactive ketones (excluding diaryl/α,β-unsaturated/α-hetero) is 1. The van der Waals surface area contributed by atoms with E-state index in [2.05, 4.69) is 19.9 Å². The van der Waals surface area contributed by atoms with Gasteiger partial charge in [-0.05, 0) is 42.4 Å². The Kier molecular flexibility index (Phi) is 6.20. The third-order valence-electron chi connectivity index (χ3n) is 7.55. The lowest BCUT2D eigenvalue weighted by molar-refractivity contribution is -0.181. The van der Waals surface area contributed by atoms with Gasteiger partial charge < -0.3 is 18.9 Å². The molecule has 2 unspecified atom stereocenters. The standard InChI is InChI=1S/C22H32O7/c1-13-15-7-6-14-10-22(19(24)27-4,20(25)28-5)11-16(23)18(14)21(15,2)9-8-17(13)29-12-26-3/h6-7,13-15,17-18H,8-12H2,1-5H3/t13-,14?,15-,17-,18?,21-/m1/s1. The quantitative estimate of drug-likeness (QED) is 0.299. The number of hydrogen-bond donors (Lipinski definition) is 0. The second-order valence-corrected chi connectivity index (χ2v) is 8.98. The largest absolute Gasteiger partial charge is 0.468 e. The minimum atomic E-state index is -1.56. The summed E-state index contributed by atoms with van der Waals surface area (Å²) in [6.07, 6.45) is 6.02. The van der Waals surface area contributed by atoms with Gasteiger partial charge in [0.25, 0.3) is 0 Å². The Morgan fingerprint density at radius 3 is 2.38 bits per heavy atom. The maximum atomic E-state index is 13.4. The number of carbonyl (C=O) groups is 3. The van der Waals surface area contributed by atoms with Crippen LogP contribution in [0.1, 0.15) is 39.5 Å². The Hall–Kier alpha value is -1.73. The topological polar surface area (TPSA) is 88.1 Å². The first-order valence-electron chi connectivity index (χ1n) is 10.2. The predicted molar refractivity (Wildman–Crippen MR) is 104 cm³/mol. The molecule has 0 aromatic heterocycles. The molecule has 0 aromatic rings. The van der Waals surface area contributed by atoms with Crippen LogP contribution in [-0.4, -0.2) is 51.9 Å². The van der Waals surface area contributed by atoms with Crippen LogP contribution >= 0.6 is 0 Å². The fourth-order valence-corrected chi connectivity index (χ4v) is 6.19. The number of hydrogen-bond acceptors (Lipinski definition) is 7. The summed E-state index contributed by atoms with van der Waals surface area (Å²) in [5, 5.41) is 0. The smallest absolute Gasteiger partial charge is 0.323 e. The van der Waals surface area contributed by atoms with Crippen LogP contribution < -0.4 is 0 Å². The number of ether oxygens (including phenoxy) is 4. The van der Waals surface area contributed by atoms with Gasteiger partial charge in [-0.25, -0.2) is 0 Å². The van der Waals surface area contributed by atoms with Crippen LogP contribution in [0.25, 0.3) is 0 Å². The van der Waals surface area contributed by atoms with Gasteiger partial charge in [0, 0.05) is 19.4 Å². The molecule has 6 atom stereocenters. The van der Waals surface area contributed by atoms with E-state index in [1.165, 1.54) is 14.2 Å². The monoisotopic (exact) mass is 408 g/mol. The van der Waals surface area contributed by atoms with E-state index < -0.39 is 17.4 Å². The molecule has 0 heterocycles. The molecule has 0 aliphatic heterocycles. The fourth-order valence-electron chi connectivity index (χ4n) is 6.19. The third kappa shape index (κ3) is 3.42. The Labute approximate surface area is 172 Å². The maximum absolute atomic E-state index is 13.4. The van der Waals surface area contributed by atoms with Gasteiger partial charge in [-0.3, -0.25) is 14.4 Å². The van der Waals surface area contributed by atoms with E-state index >= 15 is 0 Å². The molecular weight excluding hydrogens is 376 g/mol. The summed E-state index contributed by atoms with van der Waals surface area (Å²) in [4.78, 5) is 38.5. The van der Waals surface area contributed by atoms with Gasteiger partial charge in [-0.1, -0.05) is 26.0 Å². The Morgan fingerprint density at radius 2 is 1.79 bits per heavy atom. The fraction of sp³-hybridized carbons (Fsp3) is 0.773. The van der Waals surface area contributed by atoms with Crippen molar-refractivity contribution in [2.45, 2.75) is 45.6 Å². The second kappa shape index (κ2) is 8.19. The molecule has 29 heavy (non-hydrogen) atoms. The molecule has 0 bridgehead atoms. The lowest BCUT2D eigenvalue weighted by Crippen LogP contribution is -2.58. The predicted octanol–water partition coefficient (Wildman–Crippen LogP) is 2.53. The molecule has 7 nitrogen and oxygen atoms in total. The van der Waals surface area contributed by atoms with E-state index in [4.69, 9.17) is 18.9 Å². The van der Waals surface area contributed by atoms with E-state index in [-0.39, 0.29) is 60.6 Å². The molecule has 2 fully saturated rings. The number of methoxy groups -OCH3 is 3. The lowest BCUT2D eigenvalue weighted by Gasteiger charge is -2.56. The van der Waals surface area contributed by atoms with E-state index in [9.17, 15) is 14.4 Å². The van der Waals surface area contributed by atoms with E-state index in [0.29, 0.717) is 0 Å². The molecule has 0 amide bonds. The highest BCUT2D eigenvalue weighted by Crippen LogP contribution is 2.59. The molecule has 162 valence electrons. The second-order valence-electron chi connectivity index (χ2n) is 8.98. The van der Waals surface area contributed by atoms with Gasteiger partial charge in [-0.15, -0.1) is 0 Å². The van der Waals surface area contributed by atoms with Gasteiger partial charge in [0.05, 0.1) is 20.3 Å². The van der Waals surface area contributed by atoms with Crippen molar-refractivity contribution in [2.75, 3.05) is 28.1 Å². The average molecular weight is 408 g/mol. The molecule has 0 saturated heterocycles. The number of carbonyl (C=O) groups excluding carboxylic acids is 3. The molecular formula is C22H32O7. The average Bonchev–Trinajstić information content (AvgIpc) is 2.71. The summed E-state index contributed by atoms with van der Waals surface area (Å²) >= 11 is 0. The van der Waals surface area contributed by atoms with Crippen LogP contribution in [0, 0.1) is 34.5 Å². The number of fused-ring (bicyclic) bond motifs is 3. The SMILES string of the molecule is COCO[C@@H]1CC[C@@]2(C)C3C(=O)CC(C(=O)OC)(C(=O)OC)CC3C=C[C@@H]2[C@H]1C. The van der Waals surface area contributed by atoms with Crippen molar-refractivity contribution in [3.8, 4) is 0 Å². The lowest BCUT2D eigenvalue weighted by atomic mass is 9.47. The van der Waals surface area contributed by atoms with Gasteiger partial charge >= 0.3 is 11.9 Å².